The average Bonchev–Trinajstić information content (AvgIpc) is 2.31. The maximum Gasteiger partial charge on any atom is 0.233 e. The Morgan fingerprint density at radius 2 is 1.69 bits per heavy atom. The fraction of sp³-hybridized carbons (Fsp3) is 0.857. The van der Waals surface area contributed by atoms with Gasteiger partial charge in [0.1, 0.15) is 0 Å². The highest BCUT2D eigenvalue weighted by Crippen LogP contribution is 2.32. The van der Waals surface area contributed by atoms with Crippen molar-refractivity contribution in [1.29, 1.82) is 0 Å². The molecular formula is C14H24O2. The number of rotatable bonds is 6. The Morgan fingerprint density at radius 3 is 2.12 bits per heavy atom. The van der Waals surface area contributed by atoms with Crippen LogP contribution < -0.4 is 0 Å². The average molecular weight is 224 g/mol. The van der Waals surface area contributed by atoms with E-state index in [4.69, 9.17) is 15.9 Å². The molecule has 1 saturated carbocycles. The van der Waals surface area contributed by atoms with Gasteiger partial charge in [0.2, 0.25) is 5.79 Å². The topological polar surface area (TPSA) is 18.5 Å². The molecule has 1 aliphatic rings. The Kier molecular flexibility index (Phi) is 5.87. The number of terminal acetylenes is 1. The third kappa shape index (κ3) is 3.81. The zero-order chi connectivity index (χ0) is 11.9. The molecule has 0 unspecified atom stereocenters. The molecule has 0 aliphatic heterocycles. The summed E-state index contributed by atoms with van der Waals surface area (Å²) in [5.74, 6) is 2.62. The number of hydrogen-bond donors (Lipinski definition) is 0. The molecule has 0 aromatic heterocycles. The monoisotopic (exact) mass is 224 g/mol. The summed E-state index contributed by atoms with van der Waals surface area (Å²) in [5.41, 5.74) is 0. The van der Waals surface area contributed by atoms with Crippen molar-refractivity contribution in [2.75, 3.05) is 13.2 Å². The minimum absolute atomic E-state index is 0.608. The smallest absolute Gasteiger partial charge is 0.233 e. The largest absolute Gasteiger partial charge is 0.340 e. The first kappa shape index (κ1) is 13.5. The van der Waals surface area contributed by atoms with Crippen LogP contribution in [0.4, 0.5) is 0 Å². The molecule has 1 rings (SSSR count). The Hall–Kier alpha value is -0.520. The quantitative estimate of drug-likeness (QED) is 0.509. The molecule has 0 amide bonds. The summed E-state index contributed by atoms with van der Waals surface area (Å²) in [6.45, 7) is 5.14. The van der Waals surface area contributed by atoms with Crippen molar-refractivity contribution in [3.05, 3.63) is 0 Å². The second kappa shape index (κ2) is 6.93. The van der Waals surface area contributed by atoms with Crippen LogP contribution in [-0.2, 0) is 9.47 Å². The summed E-state index contributed by atoms with van der Waals surface area (Å²) in [6, 6.07) is 0. The minimum Gasteiger partial charge on any atom is -0.340 e. The van der Waals surface area contributed by atoms with E-state index in [2.05, 4.69) is 5.92 Å². The molecule has 0 aromatic carbocycles. The highest BCUT2D eigenvalue weighted by molar-refractivity contribution is 5.03. The molecule has 0 radical (unpaired) electrons. The maximum absolute atomic E-state index is 5.66. The van der Waals surface area contributed by atoms with Crippen molar-refractivity contribution in [3.8, 4) is 12.3 Å². The molecule has 2 nitrogen and oxygen atoms in total. The van der Waals surface area contributed by atoms with Crippen molar-refractivity contribution in [1.82, 2.24) is 0 Å². The molecule has 92 valence electrons. The molecule has 0 aromatic rings. The van der Waals surface area contributed by atoms with E-state index in [1.807, 2.05) is 13.8 Å². The van der Waals surface area contributed by atoms with Crippen LogP contribution in [0.2, 0.25) is 0 Å². The van der Waals surface area contributed by atoms with Crippen molar-refractivity contribution in [2.45, 2.75) is 58.2 Å². The fourth-order valence-corrected chi connectivity index (χ4v) is 2.54. The van der Waals surface area contributed by atoms with Gasteiger partial charge < -0.3 is 9.47 Å². The first-order chi connectivity index (χ1) is 7.76. The van der Waals surface area contributed by atoms with E-state index in [0.29, 0.717) is 19.1 Å². The molecule has 1 aliphatic carbocycles. The van der Waals surface area contributed by atoms with Crippen LogP contribution in [0.3, 0.4) is 0 Å². The zero-order valence-corrected chi connectivity index (χ0v) is 10.6. The lowest BCUT2D eigenvalue weighted by atomic mass is 9.84. The molecule has 2 heteroatoms. The predicted molar refractivity (Wildman–Crippen MR) is 66.0 cm³/mol. The van der Waals surface area contributed by atoms with E-state index >= 15 is 0 Å². The van der Waals surface area contributed by atoms with Gasteiger partial charge >= 0.3 is 0 Å². The first-order valence-corrected chi connectivity index (χ1v) is 6.52. The lowest BCUT2D eigenvalue weighted by Gasteiger charge is -2.33. The van der Waals surface area contributed by atoms with Gasteiger partial charge in [-0.15, -0.1) is 6.42 Å². The van der Waals surface area contributed by atoms with Gasteiger partial charge in [-0.25, -0.2) is 0 Å². The van der Waals surface area contributed by atoms with Gasteiger partial charge in [0.25, 0.3) is 0 Å². The van der Waals surface area contributed by atoms with Crippen molar-refractivity contribution >= 4 is 0 Å². The second-order valence-corrected chi connectivity index (χ2v) is 4.47. The molecule has 0 atom stereocenters. The third-order valence-corrected chi connectivity index (χ3v) is 3.26. The summed E-state index contributed by atoms with van der Waals surface area (Å²) in [6.07, 6.45) is 13.0. The lowest BCUT2D eigenvalue weighted by Crippen LogP contribution is -2.37. The molecule has 0 spiro atoms. The molecular weight excluding hydrogens is 200 g/mol. The van der Waals surface area contributed by atoms with Crippen LogP contribution in [0.25, 0.3) is 0 Å². The van der Waals surface area contributed by atoms with Crippen molar-refractivity contribution in [2.24, 2.45) is 5.92 Å². The summed E-state index contributed by atoms with van der Waals surface area (Å²) in [4.78, 5) is 0. The van der Waals surface area contributed by atoms with Gasteiger partial charge in [0.15, 0.2) is 0 Å². The minimum atomic E-state index is -0.772. The first-order valence-electron chi connectivity index (χ1n) is 6.52. The summed E-state index contributed by atoms with van der Waals surface area (Å²) >= 11 is 0. The van der Waals surface area contributed by atoms with Crippen molar-refractivity contribution in [3.63, 3.8) is 0 Å². The summed E-state index contributed by atoms with van der Waals surface area (Å²) < 4.78 is 11.3. The van der Waals surface area contributed by atoms with E-state index in [1.54, 1.807) is 0 Å². The molecule has 0 heterocycles. The second-order valence-electron chi connectivity index (χ2n) is 4.47. The number of hydrogen-bond acceptors (Lipinski definition) is 2. The maximum atomic E-state index is 5.66. The SMILES string of the molecule is C#CC(CC1CCCCC1)(OCC)OCC. The Balaban J connectivity index is 2.56. The fourth-order valence-electron chi connectivity index (χ4n) is 2.54. The van der Waals surface area contributed by atoms with Crippen LogP contribution in [0.5, 0.6) is 0 Å². The Labute approximate surface area is 99.7 Å². The van der Waals surface area contributed by atoms with Crippen molar-refractivity contribution < 1.29 is 9.47 Å². The van der Waals surface area contributed by atoms with Crippen LogP contribution in [-0.4, -0.2) is 19.0 Å². The van der Waals surface area contributed by atoms with Gasteiger partial charge in [-0.1, -0.05) is 32.1 Å². The zero-order valence-electron chi connectivity index (χ0n) is 10.6. The number of ether oxygens (including phenoxy) is 2. The van der Waals surface area contributed by atoms with Crippen LogP contribution in [0, 0.1) is 18.3 Å². The van der Waals surface area contributed by atoms with E-state index in [0.717, 1.165) is 6.42 Å². The van der Waals surface area contributed by atoms with E-state index in [9.17, 15) is 0 Å². The molecule has 16 heavy (non-hydrogen) atoms. The van der Waals surface area contributed by atoms with Gasteiger partial charge in [-0.05, 0) is 25.7 Å². The molecule has 1 fully saturated rings. The summed E-state index contributed by atoms with van der Waals surface area (Å²) in [7, 11) is 0. The van der Waals surface area contributed by atoms with Gasteiger partial charge in [-0.2, -0.15) is 0 Å². The highest BCUT2D eigenvalue weighted by atomic mass is 16.7. The van der Waals surface area contributed by atoms with Crippen LogP contribution in [0.15, 0.2) is 0 Å². The molecule has 0 N–H and O–H groups in total. The third-order valence-electron chi connectivity index (χ3n) is 3.26. The summed E-state index contributed by atoms with van der Waals surface area (Å²) in [5, 5.41) is 0. The predicted octanol–water partition coefficient (Wildman–Crippen LogP) is 3.36. The van der Waals surface area contributed by atoms with Gasteiger partial charge in [0, 0.05) is 19.6 Å². The highest BCUT2D eigenvalue weighted by Gasteiger charge is 2.32. The van der Waals surface area contributed by atoms with Gasteiger partial charge in [0.05, 0.1) is 0 Å². The van der Waals surface area contributed by atoms with Crippen LogP contribution in [0.1, 0.15) is 52.4 Å². The van der Waals surface area contributed by atoms with E-state index in [1.165, 1.54) is 32.1 Å². The van der Waals surface area contributed by atoms with E-state index in [-0.39, 0.29) is 0 Å². The lowest BCUT2D eigenvalue weighted by molar-refractivity contribution is -0.203. The van der Waals surface area contributed by atoms with E-state index < -0.39 is 5.79 Å². The molecule has 0 saturated heterocycles. The normalized spacial score (nSPS) is 18.3. The Morgan fingerprint density at radius 1 is 1.12 bits per heavy atom. The van der Waals surface area contributed by atoms with Crippen LogP contribution >= 0.6 is 0 Å². The Bertz CT molecular complexity index is 217. The van der Waals surface area contributed by atoms with Gasteiger partial charge in [-0.3, -0.25) is 0 Å². The standard InChI is InChI=1S/C14H24O2/c1-4-14(15-5-2,16-6-3)12-13-10-8-7-9-11-13/h1,13H,5-12H2,2-3H3. The molecule has 0 bridgehead atoms.